The first-order chi connectivity index (χ1) is 37.6. The first-order valence-electron chi connectivity index (χ1n) is 32.4. The minimum atomic E-state index is -1.78. The number of hydrogen-bond acceptors (Lipinski definition) is 13. The number of amides is 1. The SMILES string of the molecule is CCCCCCCCCC/C=C\CCCCCCCCCCCC(=O)NC(COC1OC(CO)C(OC2OC(CO)C(O)C(O)C2O)C(O)C1O)C(O)CCCCCCCCCCCCCCCCCCCCCCCC. The van der Waals surface area contributed by atoms with E-state index in [2.05, 4.69) is 31.3 Å². The summed E-state index contributed by atoms with van der Waals surface area (Å²) in [5, 5.41) is 87.4. The van der Waals surface area contributed by atoms with Crippen LogP contribution in [-0.4, -0.2) is 140 Å². The van der Waals surface area contributed by atoms with Gasteiger partial charge in [0.2, 0.25) is 5.91 Å². The Morgan fingerprint density at radius 1 is 0.455 bits per heavy atom. The molecule has 2 aliphatic rings. The summed E-state index contributed by atoms with van der Waals surface area (Å²) in [4.78, 5) is 13.3. The van der Waals surface area contributed by atoms with Gasteiger partial charge in [-0.25, -0.2) is 0 Å². The second-order valence-electron chi connectivity index (χ2n) is 23.2. The molecular weight excluding hydrogens is 979 g/mol. The third kappa shape index (κ3) is 34.7. The van der Waals surface area contributed by atoms with Crippen LogP contribution in [0.1, 0.15) is 290 Å². The van der Waals surface area contributed by atoms with Gasteiger partial charge in [-0.15, -0.1) is 0 Å². The van der Waals surface area contributed by atoms with Crippen molar-refractivity contribution in [1.29, 1.82) is 0 Å². The normalized spacial score (nSPS) is 24.7. The Kier molecular flexibility index (Phi) is 46.0. The van der Waals surface area contributed by atoms with Gasteiger partial charge >= 0.3 is 0 Å². The number of hydrogen-bond donors (Lipinski definition) is 9. The molecule has 0 bridgehead atoms. The van der Waals surface area contributed by atoms with Crippen molar-refractivity contribution in [3.63, 3.8) is 0 Å². The van der Waals surface area contributed by atoms with Gasteiger partial charge in [-0.1, -0.05) is 257 Å². The number of ether oxygens (including phenoxy) is 4. The van der Waals surface area contributed by atoms with Crippen molar-refractivity contribution in [2.45, 2.75) is 364 Å². The highest BCUT2D eigenvalue weighted by molar-refractivity contribution is 5.76. The molecule has 2 rings (SSSR count). The molecule has 0 aromatic heterocycles. The van der Waals surface area contributed by atoms with E-state index in [4.69, 9.17) is 18.9 Å². The van der Waals surface area contributed by atoms with Crippen molar-refractivity contribution in [2.75, 3.05) is 19.8 Å². The van der Waals surface area contributed by atoms with Gasteiger partial charge in [0.05, 0.1) is 32.0 Å². The van der Waals surface area contributed by atoms with Gasteiger partial charge in [0.15, 0.2) is 12.6 Å². The third-order valence-electron chi connectivity index (χ3n) is 16.2. The van der Waals surface area contributed by atoms with Crippen molar-refractivity contribution in [3.8, 4) is 0 Å². The van der Waals surface area contributed by atoms with Gasteiger partial charge in [0.25, 0.3) is 0 Å². The van der Waals surface area contributed by atoms with E-state index in [1.54, 1.807) is 0 Å². The van der Waals surface area contributed by atoms with Crippen LogP contribution in [0.4, 0.5) is 0 Å². The maximum absolute atomic E-state index is 13.3. The van der Waals surface area contributed by atoms with E-state index in [1.165, 1.54) is 212 Å². The highest BCUT2D eigenvalue weighted by Gasteiger charge is 2.51. The lowest BCUT2D eigenvalue weighted by Gasteiger charge is -2.46. The van der Waals surface area contributed by atoms with Crippen molar-refractivity contribution < 1.29 is 64.6 Å². The molecule has 12 atom stereocenters. The second kappa shape index (κ2) is 49.3. The summed E-state index contributed by atoms with van der Waals surface area (Å²) in [5.74, 6) is -0.204. The van der Waals surface area contributed by atoms with Gasteiger partial charge in [-0.05, 0) is 38.5 Å². The number of aliphatic hydroxyl groups is 8. The average Bonchev–Trinajstić information content (AvgIpc) is 3.44. The number of aliphatic hydroxyl groups excluding tert-OH is 8. The lowest BCUT2D eigenvalue weighted by Crippen LogP contribution is -2.65. The number of carbonyl (C=O) groups is 1. The van der Waals surface area contributed by atoms with Gasteiger partial charge in [-0.3, -0.25) is 4.79 Å². The predicted molar refractivity (Wildman–Crippen MR) is 309 cm³/mol. The highest BCUT2D eigenvalue weighted by atomic mass is 16.7. The van der Waals surface area contributed by atoms with Crippen LogP contribution >= 0.6 is 0 Å². The Morgan fingerprint density at radius 3 is 1.23 bits per heavy atom. The van der Waals surface area contributed by atoms with Crippen LogP contribution < -0.4 is 5.32 Å². The zero-order chi connectivity index (χ0) is 56.0. The van der Waals surface area contributed by atoms with E-state index < -0.39 is 86.8 Å². The first kappa shape index (κ1) is 71.8. The summed E-state index contributed by atoms with van der Waals surface area (Å²) < 4.78 is 22.9. The van der Waals surface area contributed by atoms with E-state index in [0.717, 1.165) is 51.4 Å². The molecule has 12 unspecified atom stereocenters. The first-order valence-corrected chi connectivity index (χ1v) is 32.4. The van der Waals surface area contributed by atoms with Gasteiger partial charge in [0, 0.05) is 6.42 Å². The smallest absolute Gasteiger partial charge is 0.220 e. The van der Waals surface area contributed by atoms with Crippen molar-refractivity contribution >= 4 is 5.91 Å². The molecule has 14 nitrogen and oxygen atoms in total. The molecule has 0 aromatic carbocycles. The van der Waals surface area contributed by atoms with Crippen molar-refractivity contribution in [2.24, 2.45) is 0 Å². The minimum Gasteiger partial charge on any atom is -0.394 e. The van der Waals surface area contributed by atoms with Gasteiger partial charge < -0.3 is 65.1 Å². The predicted octanol–water partition coefficient (Wildman–Crippen LogP) is 11.8. The highest BCUT2D eigenvalue weighted by Crippen LogP contribution is 2.30. The van der Waals surface area contributed by atoms with Crippen LogP contribution in [0.3, 0.4) is 0 Å². The van der Waals surface area contributed by atoms with Crippen molar-refractivity contribution in [1.82, 2.24) is 5.32 Å². The lowest BCUT2D eigenvalue weighted by molar-refractivity contribution is -0.359. The van der Waals surface area contributed by atoms with E-state index in [-0.39, 0.29) is 12.5 Å². The Balaban J connectivity index is 1.72. The molecule has 77 heavy (non-hydrogen) atoms. The van der Waals surface area contributed by atoms with E-state index in [0.29, 0.717) is 12.8 Å². The van der Waals surface area contributed by atoms with E-state index in [1.807, 2.05) is 0 Å². The fourth-order valence-electron chi connectivity index (χ4n) is 11.0. The Morgan fingerprint density at radius 2 is 0.818 bits per heavy atom. The average molecular weight is 1100 g/mol. The zero-order valence-electron chi connectivity index (χ0n) is 49.2. The van der Waals surface area contributed by atoms with Gasteiger partial charge in [-0.2, -0.15) is 0 Å². The van der Waals surface area contributed by atoms with Crippen LogP contribution in [0.25, 0.3) is 0 Å². The molecule has 0 saturated carbocycles. The zero-order valence-corrected chi connectivity index (χ0v) is 49.2. The summed E-state index contributed by atoms with van der Waals surface area (Å²) in [6, 6.07) is -0.827. The molecule has 0 spiro atoms. The largest absolute Gasteiger partial charge is 0.394 e. The molecule has 1 amide bonds. The summed E-state index contributed by atoms with van der Waals surface area (Å²) >= 11 is 0. The van der Waals surface area contributed by atoms with Crippen molar-refractivity contribution in [3.05, 3.63) is 12.2 Å². The summed E-state index contributed by atoms with van der Waals surface area (Å²) in [6.07, 6.45) is 40.7. The fraction of sp³-hybridized carbons (Fsp3) is 0.952. The number of unbranched alkanes of at least 4 members (excludes halogenated alkanes) is 38. The molecule has 0 aromatic rings. The Labute approximate surface area is 469 Å². The molecule has 2 fully saturated rings. The van der Waals surface area contributed by atoms with Crippen LogP contribution in [0, 0.1) is 0 Å². The molecule has 9 N–H and O–H groups in total. The summed E-state index contributed by atoms with van der Waals surface area (Å²) in [7, 11) is 0. The Bertz CT molecular complexity index is 1340. The summed E-state index contributed by atoms with van der Waals surface area (Å²) in [5.41, 5.74) is 0. The number of rotatable bonds is 53. The summed E-state index contributed by atoms with van der Waals surface area (Å²) in [6.45, 7) is 2.90. The molecule has 2 heterocycles. The molecule has 0 aliphatic carbocycles. The van der Waals surface area contributed by atoms with Crippen LogP contribution in [0.5, 0.6) is 0 Å². The van der Waals surface area contributed by atoms with Crippen LogP contribution in [0.2, 0.25) is 0 Å². The van der Waals surface area contributed by atoms with Crippen LogP contribution in [-0.2, 0) is 23.7 Å². The number of nitrogens with one attached hydrogen (secondary N) is 1. The standard InChI is InChI=1S/C63H121NO13/c1-3-5-7-9-11-13-15-17-19-21-23-25-27-28-30-32-34-36-38-40-42-44-46-52(67)51(50-74-62-60(73)58(71)61(54(49-66)76-62)77-63-59(72)57(70)56(69)53(48-65)75-63)64-55(68)47-45-43-41-39-37-35-33-31-29-26-24-22-20-18-16-14-12-10-8-6-4-2/h22,24,51-54,56-63,65-67,69-73H,3-21,23,25-50H2,1-2H3,(H,64,68)/b24-22-. The molecular formula is C63H121NO13. The maximum atomic E-state index is 13.3. The van der Waals surface area contributed by atoms with Gasteiger partial charge in [0.1, 0.15) is 48.8 Å². The Hall–Kier alpha value is -1.27. The molecule has 0 radical (unpaired) electrons. The maximum Gasteiger partial charge on any atom is 0.220 e. The number of carbonyl (C=O) groups excluding carboxylic acids is 1. The topological polar surface area (TPSA) is 228 Å². The quantitative estimate of drug-likeness (QED) is 0.0204. The van der Waals surface area contributed by atoms with E-state index in [9.17, 15) is 45.6 Å². The fourth-order valence-corrected chi connectivity index (χ4v) is 11.0. The molecule has 456 valence electrons. The van der Waals surface area contributed by atoms with E-state index >= 15 is 0 Å². The molecule has 14 heteroatoms. The van der Waals surface area contributed by atoms with Crippen LogP contribution in [0.15, 0.2) is 12.2 Å². The molecule has 2 saturated heterocycles. The lowest BCUT2D eigenvalue weighted by atomic mass is 9.97. The second-order valence-corrected chi connectivity index (χ2v) is 23.2. The minimum absolute atomic E-state index is 0.204. The third-order valence-corrected chi connectivity index (χ3v) is 16.2. The molecule has 2 aliphatic heterocycles. The number of allylic oxidation sites excluding steroid dienone is 2. The monoisotopic (exact) mass is 1100 g/mol.